The third-order valence-electron chi connectivity index (χ3n) is 1.95. The third kappa shape index (κ3) is 2.10. The van der Waals surface area contributed by atoms with Gasteiger partial charge >= 0.3 is 0 Å². The second-order valence-electron chi connectivity index (χ2n) is 2.76. The monoisotopic (exact) mass is 214 g/mol. The molecule has 78 valence electrons. The van der Waals surface area contributed by atoms with Crippen molar-refractivity contribution in [2.24, 2.45) is 0 Å². The molecule has 0 atom stereocenters. The molecule has 0 aliphatic heterocycles. The quantitative estimate of drug-likeness (QED) is 0.754. The lowest BCUT2D eigenvalue weighted by Crippen LogP contribution is -2.31. The van der Waals surface area contributed by atoms with Gasteiger partial charge in [0.15, 0.2) is 5.03 Å². The highest BCUT2D eigenvalue weighted by atomic mass is 32.2. The summed E-state index contributed by atoms with van der Waals surface area (Å²) in [6, 6.07) is 4.87. The third-order valence-corrected chi connectivity index (χ3v) is 3.91. The predicted molar refractivity (Wildman–Crippen MR) is 54.3 cm³/mol. The fraction of sp³-hybridized carbons (Fsp3) is 0.444. The van der Waals surface area contributed by atoms with E-state index in [9.17, 15) is 8.42 Å². The summed E-state index contributed by atoms with van der Waals surface area (Å²) < 4.78 is 25.1. The Morgan fingerprint density at radius 3 is 2.36 bits per heavy atom. The molecule has 5 heteroatoms. The van der Waals surface area contributed by atoms with Crippen LogP contribution in [0.15, 0.2) is 29.4 Å². The van der Waals surface area contributed by atoms with E-state index in [1.807, 2.05) is 13.8 Å². The topological polar surface area (TPSA) is 50.3 Å². The summed E-state index contributed by atoms with van der Waals surface area (Å²) in [6.45, 7) is 4.55. The number of rotatable bonds is 4. The van der Waals surface area contributed by atoms with E-state index < -0.39 is 10.0 Å². The minimum absolute atomic E-state index is 0.115. The highest BCUT2D eigenvalue weighted by Crippen LogP contribution is 2.11. The summed E-state index contributed by atoms with van der Waals surface area (Å²) in [5.74, 6) is 0. The molecule has 0 aliphatic rings. The van der Waals surface area contributed by atoms with Gasteiger partial charge in [0.05, 0.1) is 0 Å². The van der Waals surface area contributed by atoms with Crippen molar-refractivity contribution in [1.82, 2.24) is 9.29 Å². The van der Waals surface area contributed by atoms with Gasteiger partial charge in [0.25, 0.3) is 10.0 Å². The average molecular weight is 214 g/mol. The van der Waals surface area contributed by atoms with E-state index in [1.54, 1.807) is 12.1 Å². The Bertz CT molecular complexity index is 371. The van der Waals surface area contributed by atoms with Crippen molar-refractivity contribution in [2.75, 3.05) is 13.1 Å². The van der Waals surface area contributed by atoms with Crippen molar-refractivity contribution in [1.29, 1.82) is 0 Å². The summed E-state index contributed by atoms with van der Waals surface area (Å²) in [6.07, 6.45) is 1.48. The minimum atomic E-state index is -3.38. The van der Waals surface area contributed by atoms with Crippen molar-refractivity contribution >= 4 is 10.0 Å². The van der Waals surface area contributed by atoms with E-state index in [2.05, 4.69) is 4.98 Å². The van der Waals surface area contributed by atoms with Crippen LogP contribution in [0.5, 0.6) is 0 Å². The zero-order chi connectivity index (χ0) is 10.6. The van der Waals surface area contributed by atoms with Crippen LogP contribution in [0.2, 0.25) is 0 Å². The van der Waals surface area contributed by atoms with E-state index in [-0.39, 0.29) is 5.03 Å². The van der Waals surface area contributed by atoms with Crippen LogP contribution < -0.4 is 0 Å². The molecule has 1 heterocycles. The normalized spacial score (nSPS) is 11.9. The van der Waals surface area contributed by atoms with Gasteiger partial charge in [0, 0.05) is 19.3 Å². The maximum absolute atomic E-state index is 11.9. The molecule has 0 aliphatic carbocycles. The van der Waals surface area contributed by atoms with Crippen molar-refractivity contribution in [3.8, 4) is 0 Å². The molecule has 0 saturated carbocycles. The molecular weight excluding hydrogens is 200 g/mol. The summed E-state index contributed by atoms with van der Waals surface area (Å²) in [7, 11) is -3.38. The Labute approximate surface area is 84.6 Å². The summed E-state index contributed by atoms with van der Waals surface area (Å²) in [5, 5.41) is 0.115. The van der Waals surface area contributed by atoms with Crippen LogP contribution in [0.4, 0.5) is 0 Å². The first-order valence-corrected chi connectivity index (χ1v) is 5.98. The van der Waals surface area contributed by atoms with Gasteiger partial charge in [-0.05, 0) is 12.1 Å². The van der Waals surface area contributed by atoms with E-state index in [1.165, 1.54) is 16.6 Å². The molecule has 0 unspecified atom stereocenters. The Morgan fingerprint density at radius 1 is 1.29 bits per heavy atom. The molecule has 0 amide bonds. The van der Waals surface area contributed by atoms with Gasteiger partial charge in [-0.15, -0.1) is 0 Å². The molecule has 0 spiro atoms. The van der Waals surface area contributed by atoms with Gasteiger partial charge in [-0.1, -0.05) is 19.9 Å². The van der Waals surface area contributed by atoms with Gasteiger partial charge in [0.1, 0.15) is 0 Å². The molecule has 0 radical (unpaired) electrons. The maximum atomic E-state index is 11.9. The molecule has 1 aromatic heterocycles. The second kappa shape index (κ2) is 4.52. The fourth-order valence-electron chi connectivity index (χ4n) is 1.20. The van der Waals surface area contributed by atoms with Crippen LogP contribution in [-0.4, -0.2) is 30.8 Å². The van der Waals surface area contributed by atoms with E-state index >= 15 is 0 Å². The standard InChI is InChI=1S/C9H14N2O2S/c1-3-11(4-2)14(12,13)9-7-5-6-8-10-9/h5-8H,3-4H2,1-2H3. The lowest BCUT2D eigenvalue weighted by Gasteiger charge is -2.17. The lowest BCUT2D eigenvalue weighted by atomic mass is 10.5. The number of sulfonamides is 1. The molecule has 14 heavy (non-hydrogen) atoms. The van der Waals surface area contributed by atoms with E-state index in [4.69, 9.17) is 0 Å². The smallest absolute Gasteiger partial charge is 0.243 e. The summed E-state index contributed by atoms with van der Waals surface area (Å²) in [5.41, 5.74) is 0. The van der Waals surface area contributed by atoms with Crippen LogP contribution in [0.3, 0.4) is 0 Å². The van der Waals surface area contributed by atoms with Gasteiger partial charge in [-0.2, -0.15) is 4.31 Å². The number of aromatic nitrogens is 1. The molecule has 0 N–H and O–H groups in total. The molecule has 4 nitrogen and oxygen atoms in total. The van der Waals surface area contributed by atoms with Crippen molar-refractivity contribution in [3.05, 3.63) is 24.4 Å². The lowest BCUT2D eigenvalue weighted by molar-refractivity contribution is 0.442. The van der Waals surface area contributed by atoms with Crippen molar-refractivity contribution < 1.29 is 8.42 Å². The second-order valence-corrected chi connectivity index (χ2v) is 4.64. The van der Waals surface area contributed by atoms with Crippen molar-refractivity contribution in [2.45, 2.75) is 18.9 Å². The average Bonchev–Trinajstić information content (AvgIpc) is 2.20. The first-order chi connectivity index (χ1) is 6.62. The Balaban J connectivity index is 3.08. The largest absolute Gasteiger partial charge is 0.260 e. The number of nitrogens with zero attached hydrogens (tertiary/aromatic N) is 2. The number of hydrogen-bond donors (Lipinski definition) is 0. The van der Waals surface area contributed by atoms with Gasteiger partial charge in [-0.25, -0.2) is 13.4 Å². The SMILES string of the molecule is CCN(CC)S(=O)(=O)c1ccccn1. The predicted octanol–water partition coefficient (Wildman–Crippen LogP) is 1.11. The zero-order valence-corrected chi connectivity index (χ0v) is 9.16. The minimum Gasteiger partial charge on any atom is -0.243 e. The molecule has 0 fully saturated rings. The van der Waals surface area contributed by atoms with E-state index in [0.717, 1.165) is 0 Å². The molecule has 1 rings (SSSR count). The maximum Gasteiger partial charge on any atom is 0.260 e. The Hall–Kier alpha value is -0.940. The van der Waals surface area contributed by atoms with Gasteiger partial charge < -0.3 is 0 Å². The molecule has 0 bridgehead atoms. The van der Waals surface area contributed by atoms with Crippen LogP contribution in [0.1, 0.15) is 13.8 Å². The highest BCUT2D eigenvalue weighted by molar-refractivity contribution is 7.89. The number of hydrogen-bond acceptors (Lipinski definition) is 3. The fourth-order valence-corrected chi connectivity index (χ4v) is 2.58. The summed E-state index contributed by atoms with van der Waals surface area (Å²) >= 11 is 0. The van der Waals surface area contributed by atoms with Crippen LogP contribution in [0.25, 0.3) is 0 Å². The van der Waals surface area contributed by atoms with Crippen molar-refractivity contribution in [3.63, 3.8) is 0 Å². The zero-order valence-electron chi connectivity index (χ0n) is 8.34. The Morgan fingerprint density at radius 2 is 1.93 bits per heavy atom. The van der Waals surface area contributed by atoms with Gasteiger partial charge in [0.2, 0.25) is 0 Å². The summed E-state index contributed by atoms with van der Waals surface area (Å²) in [4.78, 5) is 3.84. The molecule has 1 aromatic rings. The molecule has 0 aromatic carbocycles. The molecular formula is C9H14N2O2S. The highest BCUT2D eigenvalue weighted by Gasteiger charge is 2.21. The van der Waals surface area contributed by atoms with Crippen LogP contribution in [-0.2, 0) is 10.0 Å². The Kier molecular flexibility index (Phi) is 3.60. The number of pyridine rings is 1. The van der Waals surface area contributed by atoms with Crippen LogP contribution >= 0.6 is 0 Å². The van der Waals surface area contributed by atoms with Gasteiger partial charge in [-0.3, -0.25) is 0 Å². The van der Waals surface area contributed by atoms with E-state index in [0.29, 0.717) is 13.1 Å². The first kappa shape index (κ1) is 11.1. The molecule has 0 saturated heterocycles. The first-order valence-electron chi connectivity index (χ1n) is 4.54. The van der Waals surface area contributed by atoms with Crippen LogP contribution in [0, 0.1) is 0 Å².